The van der Waals surface area contributed by atoms with E-state index in [1.54, 1.807) is 4.31 Å². The molecule has 5 nitrogen and oxygen atoms in total. The van der Waals surface area contributed by atoms with Crippen LogP contribution in [0.1, 0.15) is 46.0 Å². The van der Waals surface area contributed by atoms with Crippen molar-refractivity contribution < 1.29 is 13.2 Å². The lowest BCUT2D eigenvalue weighted by molar-refractivity contribution is -0.0230. The summed E-state index contributed by atoms with van der Waals surface area (Å²) in [6, 6.07) is 0.719. The first-order valence-corrected chi connectivity index (χ1v) is 9.48. The average molecular weight is 304 g/mol. The molecule has 2 aliphatic rings. The highest BCUT2D eigenvalue weighted by molar-refractivity contribution is 7.89. The van der Waals surface area contributed by atoms with Crippen molar-refractivity contribution in [2.45, 2.75) is 64.1 Å². The highest BCUT2D eigenvalue weighted by atomic mass is 32.2. The van der Waals surface area contributed by atoms with E-state index < -0.39 is 10.0 Å². The number of unbranched alkanes of at least 4 members (excludes halogenated alkanes) is 1. The van der Waals surface area contributed by atoms with E-state index in [2.05, 4.69) is 5.32 Å². The van der Waals surface area contributed by atoms with Gasteiger partial charge in [-0.15, -0.1) is 0 Å². The van der Waals surface area contributed by atoms with Crippen molar-refractivity contribution in [1.29, 1.82) is 0 Å². The second-order valence-corrected chi connectivity index (χ2v) is 8.07. The lowest BCUT2D eigenvalue weighted by atomic mass is 10.2. The number of nitrogens with zero attached hydrogens (tertiary/aromatic N) is 1. The van der Waals surface area contributed by atoms with Crippen LogP contribution < -0.4 is 5.32 Å². The van der Waals surface area contributed by atoms with Gasteiger partial charge in [-0.05, 0) is 45.6 Å². The van der Waals surface area contributed by atoms with Crippen LogP contribution in [0.4, 0.5) is 0 Å². The van der Waals surface area contributed by atoms with Gasteiger partial charge in [0.15, 0.2) is 0 Å². The van der Waals surface area contributed by atoms with Gasteiger partial charge >= 0.3 is 0 Å². The molecule has 2 atom stereocenters. The molecule has 118 valence electrons. The average Bonchev–Trinajstić information content (AvgIpc) is 3.22. The molecule has 0 amide bonds. The van der Waals surface area contributed by atoms with Crippen LogP contribution in [-0.4, -0.2) is 56.4 Å². The monoisotopic (exact) mass is 304 g/mol. The van der Waals surface area contributed by atoms with Crippen molar-refractivity contribution in [3.05, 3.63) is 0 Å². The molecule has 0 spiro atoms. The number of morpholine rings is 1. The molecular formula is C14H28N2O3S. The summed E-state index contributed by atoms with van der Waals surface area (Å²) in [5.41, 5.74) is 0. The summed E-state index contributed by atoms with van der Waals surface area (Å²) in [6.07, 6.45) is 5.06. The Balaban J connectivity index is 1.77. The standard InChI is InChI=1S/C14H28N2O3S/c1-3-14-11-19-12(2)10-16(14)20(17,18)9-5-4-8-15-13-6-7-13/h12-15H,3-11H2,1-2H3. The van der Waals surface area contributed by atoms with Crippen LogP contribution in [0.25, 0.3) is 0 Å². The summed E-state index contributed by atoms with van der Waals surface area (Å²) < 4.78 is 32.2. The highest BCUT2D eigenvalue weighted by Gasteiger charge is 2.33. The van der Waals surface area contributed by atoms with Gasteiger partial charge in [-0.3, -0.25) is 0 Å². The number of hydrogen-bond donors (Lipinski definition) is 1. The summed E-state index contributed by atoms with van der Waals surface area (Å²) in [5.74, 6) is 0.266. The van der Waals surface area contributed by atoms with E-state index in [0.717, 1.165) is 25.8 Å². The van der Waals surface area contributed by atoms with Crippen LogP contribution >= 0.6 is 0 Å². The zero-order valence-electron chi connectivity index (χ0n) is 12.7. The summed E-state index contributed by atoms with van der Waals surface area (Å²) >= 11 is 0. The van der Waals surface area contributed by atoms with Crippen molar-refractivity contribution in [1.82, 2.24) is 9.62 Å². The van der Waals surface area contributed by atoms with Crippen LogP contribution in [-0.2, 0) is 14.8 Å². The molecule has 6 heteroatoms. The van der Waals surface area contributed by atoms with E-state index in [0.29, 0.717) is 19.2 Å². The minimum Gasteiger partial charge on any atom is -0.375 e. The fourth-order valence-corrected chi connectivity index (χ4v) is 4.50. The Morgan fingerprint density at radius 3 is 2.70 bits per heavy atom. The number of sulfonamides is 1. The molecule has 0 aromatic rings. The molecule has 1 aliphatic carbocycles. The molecule has 1 aliphatic heterocycles. The van der Waals surface area contributed by atoms with Crippen molar-refractivity contribution in [3.8, 4) is 0 Å². The Bertz CT molecular complexity index is 395. The van der Waals surface area contributed by atoms with E-state index in [1.807, 2.05) is 13.8 Å². The fourth-order valence-electron chi connectivity index (χ4n) is 2.60. The highest BCUT2D eigenvalue weighted by Crippen LogP contribution is 2.20. The molecule has 1 heterocycles. The predicted molar refractivity (Wildman–Crippen MR) is 80.2 cm³/mol. The van der Waals surface area contributed by atoms with Crippen LogP contribution in [0.15, 0.2) is 0 Å². The Morgan fingerprint density at radius 1 is 1.30 bits per heavy atom. The molecule has 20 heavy (non-hydrogen) atoms. The van der Waals surface area contributed by atoms with Crippen molar-refractivity contribution in [2.75, 3.05) is 25.4 Å². The van der Waals surface area contributed by atoms with Crippen LogP contribution in [0.3, 0.4) is 0 Å². The Hall–Kier alpha value is -0.170. The third-order valence-electron chi connectivity index (χ3n) is 4.09. The molecule has 2 fully saturated rings. The summed E-state index contributed by atoms with van der Waals surface area (Å²) in [5, 5.41) is 3.42. The maximum Gasteiger partial charge on any atom is 0.214 e. The molecule has 1 saturated heterocycles. The first kappa shape index (κ1) is 16.2. The van der Waals surface area contributed by atoms with E-state index in [4.69, 9.17) is 4.74 Å². The van der Waals surface area contributed by atoms with E-state index in [-0.39, 0.29) is 17.9 Å². The van der Waals surface area contributed by atoms with Gasteiger partial charge < -0.3 is 10.1 Å². The SMILES string of the molecule is CCC1COC(C)CN1S(=O)(=O)CCCCNC1CC1. The quantitative estimate of drug-likeness (QED) is 0.688. The lowest BCUT2D eigenvalue weighted by Gasteiger charge is -2.37. The Labute approximate surface area is 123 Å². The van der Waals surface area contributed by atoms with Gasteiger partial charge in [0.05, 0.1) is 18.5 Å². The Morgan fingerprint density at radius 2 is 2.05 bits per heavy atom. The lowest BCUT2D eigenvalue weighted by Crippen LogP contribution is -2.51. The molecule has 1 N–H and O–H groups in total. The molecule has 0 radical (unpaired) electrons. The first-order chi connectivity index (χ1) is 9.53. The minimum absolute atomic E-state index is 0.00380. The number of ether oxygens (including phenoxy) is 1. The van der Waals surface area contributed by atoms with E-state index in [1.165, 1.54) is 12.8 Å². The van der Waals surface area contributed by atoms with E-state index in [9.17, 15) is 8.42 Å². The van der Waals surface area contributed by atoms with Crippen LogP contribution in [0, 0.1) is 0 Å². The smallest absolute Gasteiger partial charge is 0.214 e. The van der Waals surface area contributed by atoms with Gasteiger partial charge in [0.2, 0.25) is 10.0 Å². The van der Waals surface area contributed by atoms with Crippen molar-refractivity contribution in [2.24, 2.45) is 0 Å². The maximum absolute atomic E-state index is 12.5. The minimum atomic E-state index is -3.14. The molecule has 2 unspecified atom stereocenters. The fraction of sp³-hybridized carbons (Fsp3) is 1.00. The molecule has 0 aromatic heterocycles. The molecule has 0 bridgehead atoms. The molecule has 1 saturated carbocycles. The third kappa shape index (κ3) is 4.69. The van der Waals surface area contributed by atoms with Gasteiger partial charge in [-0.1, -0.05) is 6.92 Å². The van der Waals surface area contributed by atoms with Crippen LogP contribution in [0.5, 0.6) is 0 Å². The van der Waals surface area contributed by atoms with Crippen molar-refractivity contribution in [3.63, 3.8) is 0 Å². The zero-order valence-corrected chi connectivity index (χ0v) is 13.5. The summed E-state index contributed by atoms with van der Waals surface area (Å²) in [4.78, 5) is 0. The largest absolute Gasteiger partial charge is 0.375 e. The molecule has 0 aromatic carbocycles. The Kier molecular flexibility index (Phi) is 5.84. The van der Waals surface area contributed by atoms with Crippen LogP contribution in [0.2, 0.25) is 0 Å². The molecular weight excluding hydrogens is 276 g/mol. The first-order valence-electron chi connectivity index (χ1n) is 7.87. The van der Waals surface area contributed by atoms with Gasteiger partial charge in [0, 0.05) is 18.6 Å². The van der Waals surface area contributed by atoms with Gasteiger partial charge in [0.25, 0.3) is 0 Å². The molecule has 2 rings (SSSR count). The second kappa shape index (κ2) is 7.20. The van der Waals surface area contributed by atoms with E-state index >= 15 is 0 Å². The number of hydrogen-bond acceptors (Lipinski definition) is 4. The summed E-state index contributed by atoms with van der Waals surface area (Å²) in [6.45, 7) is 5.93. The van der Waals surface area contributed by atoms with Crippen molar-refractivity contribution >= 4 is 10.0 Å². The van der Waals surface area contributed by atoms with Gasteiger partial charge in [-0.2, -0.15) is 4.31 Å². The number of rotatable bonds is 8. The van der Waals surface area contributed by atoms with Gasteiger partial charge in [0.1, 0.15) is 0 Å². The predicted octanol–water partition coefficient (Wildman–Crippen LogP) is 1.35. The summed E-state index contributed by atoms with van der Waals surface area (Å²) in [7, 11) is -3.14. The topological polar surface area (TPSA) is 58.6 Å². The zero-order chi connectivity index (χ0) is 14.6. The third-order valence-corrected chi connectivity index (χ3v) is 6.05. The second-order valence-electron chi connectivity index (χ2n) is 6.03. The maximum atomic E-state index is 12.5. The normalized spacial score (nSPS) is 28.7. The van der Waals surface area contributed by atoms with Gasteiger partial charge in [-0.25, -0.2) is 8.42 Å². The number of nitrogens with one attached hydrogen (secondary N) is 1.